The van der Waals surface area contributed by atoms with Crippen LogP contribution in [0.25, 0.3) is 127 Å². The zero-order chi connectivity index (χ0) is 44.2. The fourth-order valence-corrected chi connectivity index (χ4v) is 12.1. The molecule has 0 saturated carbocycles. The molecular weight excluding hydrogens is 833 g/mol. The van der Waals surface area contributed by atoms with Crippen LogP contribution in [-0.4, -0.2) is 19.5 Å². The van der Waals surface area contributed by atoms with E-state index in [4.69, 9.17) is 23.8 Å². The molecule has 1 spiro atoms. The summed E-state index contributed by atoms with van der Waals surface area (Å²) in [6.07, 6.45) is 0. The molecule has 0 unspecified atom stereocenters. The maximum Gasteiger partial charge on any atom is 0.164 e. The first-order valence-corrected chi connectivity index (χ1v) is 23.1. The zero-order valence-electron chi connectivity index (χ0n) is 36.2. The van der Waals surface area contributed by atoms with Gasteiger partial charge in [0, 0.05) is 55.1 Å². The van der Waals surface area contributed by atoms with E-state index in [-0.39, 0.29) is 0 Å². The fraction of sp³-hybridized carbons (Fsp3) is 0.0161. The lowest BCUT2D eigenvalue weighted by atomic mass is 9.63. The number of rotatable bonds is 4. The van der Waals surface area contributed by atoms with Crippen LogP contribution in [0, 0.1) is 0 Å². The normalized spacial score (nSPS) is 13.4. The Bertz CT molecular complexity index is 4470. The number of fused-ring (bicyclic) bond motifs is 13. The molecule has 0 N–H and O–H groups in total. The van der Waals surface area contributed by atoms with Crippen molar-refractivity contribution in [1.29, 1.82) is 0 Å². The Balaban J connectivity index is 1.00. The smallest absolute Gasteiger partial charge is 0.164 e. The van der Waals surface area contributed by atoms with Crippen molar-refractivity contribution >= 4 is 76.5 Å². The van der Waals surface area contributed by atoms with Crippen LogP contribution in [-0.2, 0) is 5.41 Å². The van der Waals surface area contributed by atoms with Crippen molar-refractivity contribution in [2.45, 2.75) is 5.41 Å². The molecule has 0 amide bonds. The average molecular weight is 867 g/mol. The number of aromatic nitrogens is 4. The van der Waals surface area contributed by atoms with Crippen molar-refractivity contribution in [2.24, 2.45) is 0 Å². The molecule has 6 nitrogen and oxygen atoms in total. The van der Waals surface area contributed by atoms with Crippen LogP contribution in [0.15, 0.2) is 215 Å². The van der Waals surface area contributed by atoms with Crippen molar-refractivity contribution in [3.63, 3.8) is 0 Å². The van der Waals surface area contributed by atoms with E-state index in [2.05, 4.69) is 144 Å². The minimum atomic E-state index is -0.506. The number of hydrogen-bond donors (Lipinski definition) is 0. The molecule has 2 aliphatic carbocycles. The van der Waals surface area contributed by atoms with Gasteiger partial charge in [-0.3, -0.25) is 0 Å². The molecule has 0 saturated heterocycles. The molecule has 0 atom stereocenters. The van der Waals surface area contributed by atoms with E-state index < -0.39 is 5.41 Å². The number of hydrogen-bond acceptors (Lipinski definition) is 5. The number of para-hydroxylation sites is 2. The summed E-state index contributed by atoms with van der Waals surface area (Å²) in [7, 11) is 0. The van der Waals surface area contributed by atoms with E-state index in [0.717, 1.165) is 77.3 Å². The molecule has 4 heterocycles. The van der Waals surface area contributed by atoms with E-state index in [9.17, 15) is 0 Å². The van der Waals surface area contributed by atoms with Gasteiger partial charge in [0.15, 0.2) is 17.5 Å². The van der Waals surface area contributed by atoms with E-state index >= 15 is 0 Å². The third-order valence-corrected chi connectivity index (χ3v) is 14.8. The second-order valence-electron chi connectivity index (χ2n) is 18.2. The maximum absolute atomic E-state index is 6.85. The summed E-state index contributed by atoms with van der Waals surface area (Å²) in [5, 5.41) is 9.11. The molecule has 0 fully saturated rings. The van der Waals surface area contributed by atoms with E-state index in [1.807, 2.05) is 66.7 Å². The third kappa shape index (κ3) is 4.58. The van der Waals surface area contributed by atoms with E-state index in [0.29, 0.717) is 17.5 Å². The Morgan fingerprint density at radius 3 is 1.75 bits per heavy atom. The van der Waals surface area contributed by atoms with Gasteiger partial charge in [0.2, 0.25) is 0 Å². The first kappa shape index (κ1) is 36.1. The Morgan fingerprint density at radius 2 is 0.941 bits per heavy atom. The van der Waals surface area contributed by atoms with Crippen molar-refractivity contribution in [2.75, 3.05) is 0 Å². The molecule has 14 aromatic rings. The molecular formula is C62H34N4O2. The second kappa shape index (κ2) is 13.0. The highest BCUT2D eigenvalue weighted by Crippen LogP contribution is 2.62. The monoisotopic (exact) mass is 866 g/mol. The minimum absolute atomic E-state index is 0.506. The van der Waals surface area contributed by atoms with Crippen LogP contribution in [0.1, 0.15) is 22.3 Å². The summed E-state index contributed by atoms with van der Waals surface area (Å²) in [5.74, 6) is 1.68. The van der Waals surface area contributed by atoms with Crippen molar-refractivity contribution < 1.29 is 8.83 Å². The molecule has 4 aromatic heterocycles. The molecule has 10 aromatic carbocycles. The summed E-state index contributed by atoms with van der Waals surface area (Å²) in [4.78, 5) is 15.9. The Labute approximate surface area is 388 Å². The molecule has 6 heteroatoms. The van der Waals surface area contributed by atoms with Crippen LogP contribution >= 0.6 is 0 Å². The van der Waals surface area contributed by atoms with Gasteiger partial charge >= 0.3 is 0 Å². The highest BCUT2D eigenvalue weighted by atomic mass is 16.3. The largest absolute Gasteiger partial charge is 0.456 e. The molecule has 68 heavy (non-hydrogen) atoms. The fourth-order valence-electron chi connectivity index (χ4n) is 12.1. The van der Waals surface area contributed by atoms with Crippen LogP contribution in [0.2, 0.25) is 0 Å². The highest BCUT2D eigenvalue weighted by molar-refractivity contribution is 6.27. The maximum atomic E-state index is 6.85. The summed E-state index contributed by atoms with van der Waals surface area (Å²) in [5.41, 5.74) is 16.3. The highest BCUT2D eigenvalue weighted by Gasteiger charge is 2.50. The second-order valence-corrected chi connectivity index (χ2v) is 18.2. The Morgan fingerprint density at radius 1 is 0.338 bits per heavy atom. The first-order chi connectivity index (χ1) is 33.7. The van der Waals surface area contributed by atoms with Gasteiger partial charge in [0.05, 0.1) is 22.1 Å². The predicted octanol–water partition coefficient (Wildman–Crippen LogP) is 15.6. The van der Waals surface area contributed by atoms with Gasteiger partial charge in [0.1, 0.15) is 22.3 Å². The third-order valence-electron chi connectivity index (χ3n) is 14.8. The van der Waals surface area contributed by atoms with Gasteiger partial charge in [-0.2, -0.15) is 0 Å². The van der Waals surface area contributed by atoms with Gasteiger partial charge in [-0.25, -0.2) is 15.0 Å². The van der Waals surface area contributed by atoms with Gasteiger partial charge in [-0.05, 0) is 86.6 Å². The topological polar surface area (TPSA) is 69.9 Å². The van der Waals surface area contributed by atoms with Gasteiger partial charge in [-0.15, -0.1) is 0 Å². The molecule has 2 aliphatic rings. The standard InChI is InChI=1S/C62H34N4O2/c1-2-14-36(15-3-1)59-63-60(37-28-30-42-41-19-6-10-26-51(41)67-53(42)32-37)65-61(64-59)44-33-38(34-54-56(44)43-20-7-11-27-52(43)68-54)66-49-25-13-24-48-57(49)58-50(66)31-29-35-16-12-23-47(55(35)58)62(48)45-21-8-4-17-39(45)40-18-5-9-22-46(40)62/h1-34H. The SMILES string of the molecule is c1ccc(-c2nc(-c3ccc4c(c3)oc3ccccc34)nc(-c3cc(-n4c5cccc6c5c5c7c(cccc7ccc54)C64c5ccccc5-c5ccccc54)cc4oc5ccccc5c34)n2)cc1. The molecule has 16 rings (SSSR count). The average Bonchev–Trinajstić information content (AvgIpc) is 4.15. The van der Waals surface area contributed by atoms with Crippen LogP contribution in [0.3, 0.4) is 0 Å². The Kier molecular flexibility index (Phi) is 6.92. The van der Waals surface area contributed by atoms with Crippen LogP contribution in [0.5, 0.6) is 0 Å². The van der Waals surface area contributed by atoms with E-state index in [1.54, 1.807) is 0 Å². The number of furan rings is 2. The molecule has 0 radical (unpaired) electrons. The predicted molar refractivity (Wildman–Crippen MR) is 273 cm³/mol. The van der Waals surface area contributed by atoms with Crippen LogP contribution in [0.4, 0.5) is 0 Å². The van der Waals surface area contributed by atoms with Crippen LogP contribution < -0.4 is 0 Å². The zero-order valence-corrected chi connectivity index (χ0v) is 36.2. The number of benzene rings is 10. The summed E-state index contributed by atoms with van der Waals surface area (Å²) >= 11 is 0. The molecule has 0 aliphatic heterocycles. The van der Waals surface area contributed by atoms with Crippen molar-refractivity contribution in [1.82, 2.24) is 19.5 Å². The summed E-state index contributed by atoms with van der Waals surface area (Å²) in [6.45, 7) is 0. The molecule has 0 bridgehead atoms. The summed E-state index contributed by atoms with van der Waals surface area (Å²) in [6, 6.07) is 73.6. The van der Waals surface area contributed by atoms with Gasteiger partial charge in [-0.1, -0.05) is 158 Å². The number of nitrogens with zero attached hydrogens (tertiary/aromatic N) is 4. The lowest BCUT2D eigenvalue weighted by molar-refractivity contribution is 0.668. The van der Waals surface area contributed by atoms with E-state index in [1.165, 1.54) is 54.9 Å². The van der Waals surface area contributed by atoms with Gasteiger partial charge < -0.3 is 13.4 Å². The van der Waals surface area contributed by atoms with Crippen molar-refractivity contribution in [3.05, 3.63) is 229 Å². The lowest BCUT2D eigenvalue weighted by Gasteiger charge is -2.37. The summed E-state index contributed by atoms with van der Waals surface area (Å²) < 4.78 is 15.7. The quantitative estimate of drug-likeness (QED) is 0.176. The van der Waals surface area contributed by atoms with Gasteiger partial charge in [0.25, 0.3) is 0 Å². The van der Waals surface area contributed by atoms with Crippen molar-refractivity contribution in [3.8, 4) is 51.0 Å². The minimum Gasteiger partial charge on any atom is -0.456 e. The first-order valence-electron chi connectivity index (χ1n) is 23.1. The molecule has 314 valence electrons. The lowest BCUT2D eigenvalue weighted by Crippen LogP contribution is -2.30. The Hall–Kier alpha value is -9.13.